The fourth-order valence-corrected chi connectivity index (χ4v) is 4.68. The maximum Gasteiger partial charge on any atom is 0.180 e. The number of ketones is 2. The van der Waals surface area contributed by atoms with E-state index in [4.69, 9.17) is 4.74 Å². The van der Waals surface area contributed by atoms with Gasteiger partial charge in [-0.2, -0.15) is 48.5 Å². The van der Waals surface area contributed by atoms with Crippen molar-refractivity contribution >= 4 is 51.3 Å². The number of halogens is 1. The Labute approximate surface area is 455 Å². The number of Topliss-reactive ketones (excluding diaryl/α,β-unsaturated/α-hetero) is 2. The Morgan fingerprint density at radius 3 is 1.32 bits per heavy atom. The van der Waals surface area contributed by atoms with Gasteiger partial charge in [-0.15, -0.1) is 46.8 Å². The summed E-state index contributed by atoms with van der Waals surface area (Å²) in [5.41, 5.74) is 4.79. The van der Waals surface area contributed by atoms with E-state index in [0.29, 0.717) is 11.4 Å². The molecule has 0 spiro atoms. The van der Waals surface area contributed by atoms with Gasteiger partial charge in [0.1, 0.15) is 5.78 Å². The van der Waals surface area contributed by atoms with Gasteiger partial charge in [0.05, 0.1) is 16.3 Å². The van der Waals surface area contributed by atoms with Crippen molar-refractivity contribution in [3.05, 3.63) is 192 Å². The summed E-state index contributed by atoms with van der Waals surface area (Å²) in [6.07, 6.45) is 5.18. The Kier molecular flexibility index (Phi) is 57.8. The van der Waals surface area contributed by atoms with Crippen molar-refractivity contribution in [1.82, 2.24) is 0 Å². The zero-order valence-electron chi connectivity index (χ0n) is 37.3. The van der Waals surface area contributed by atoms with Gasteiger partial charge in [0.2, 0.25) is 0 Å². The Morgan fingerprint density at radius 1 is 0.538 bits per heavy atom. The van der Waals surface area contributed by atoms with E-state index in [2.05, 4.69) is 50.5 Å². The van der Waals surface area contributed by atoms with E-state index in [1.807, 2.05) is 183 Å². The smallest absolute Gasteiger partial charge is 0.180 e. The van der Waals surface area contributed by atoms with Crippen LogP contribution < -0.4 is 4.74 Å². The van der Waals surface area contributed by atoms with E-state index < -0.39 is 6.10 Å². The molecule has 2 unspecified atom stereocenters. The summed E-state index contributed by atoms with van der Waals surface area (Å²) < 4.78 is 5.92. The molecule has 6 aromatic rings. The van der Waals surface area contributed by atoms with Gasteiger partial charge in [0, 0.05) is 65.4 Å². The van der Waals surface area contributed by atoms with Crippen LogP contribution in [0.25, 0.3) is 0 Å². The first kappa shape index (κ1) is 75.6. The van der Waals surface area contributed by atoms with Crippen molar-refractivity contribution in [3.8, 4) is 11.5 Å². The Balaban J connectivity index is -0.000000146. The summed E-state index contributed by atoms with van der Waals surface area (Å²) in [6, 6.07) is 54.1. The molecule has 0 aromatic heterocycles. The Morgan fingerprint density at radius 2 is 0.938 bits per heavy atom. The molecule has 2 radical (unpaired) electrons. The van der Waals surface area contributed by atoms with E-state index >= 15 is 0 Å². The van der Waals surface area contributed by atoms with Crippen LogP contribution in [0.4, 0.5) is 11.4 Å². The number of hydrogen-bond acceptors (Lipinski definition) is 6. The number of benzene rings is 6. The number of hydrogen-bond donors (Lipinski definition) is 1. The molecule has 0 aliphatic carbocycles. The van der Waals surface area contributed by atoms with Gasteiger partial charge < -0.3 is 19.8 Å². The van der Waals surface area contributed by atoms with Gasteiger partial charge in [-0.1, -0.05) is 174 Å². The molecule has 2 atom stereocenters. The third-order valence-corrected chi connectivity index (χ3v) is 8.02. The second-order valence-electron chi connectivity index (χ2n) is 10.9. The summed E-state index contributed by atoms with van der Waals surface area (Å²) in [7, 11) is 0. The minimum atomic E-state index is -0.629. The molecule has 6 rings (SSSR count). The number of rotatable bonds is 10. The minimum Gasteiger partial charge on any atom is -0.518 e. The number of para-hydroxylation sites is 2. The van der Waals surface area contributed by atoms with Gasteiger partial charge in [-0.05, 0) is 49.5 Å². The molecule has 65 heavy (non-hydrogen) atoms. The predicted octanol–water partition coefficient (Wildman–Crippen LogP) is 17.0. The van der Waals surface area contributed by atoms with Gasteiger partial charge in [0.15, 0.2) is 11.9 Å². The number of aliphatic imine (C=N–C) groups is 2. The summed E-state index contributed by atoms with van der Waals surface area (Å²) in [4.78, 5) is 31.1. The molecule has 0 saturated carbocycles. The fraction of sp³-hybridized carbons (Fsp3) is 0.286. The van der Waals surface area contributed by atoms with Crippen molar-refractivity contribution < 1.29 is 84.9 Å². The van der Waals surface area contributed by atoms with Crippen LogP contribution in [0.5, 0.6) is 11.5 Å². The molecule has 6 aromatic carbocycles. The van der Waals surface area contributed by atoms with Crippen LogP contribution in [-0.4, -0.2) is 29.1 Å². The fourth-order valence-electron chi connectivity index (χ4n) is 4.38. The third-order valence-electron chi connectivity index (χ3n) is 6.85. The topological polar surface area (TPSA) is 88.3 Å². The summed E-state index contributed by atoms with van der Waals surface area (Å²) in [5, 5.41) is 9.22. The molecule has 0 fully saturated rings. The summed E-state index contributed by atoms with van der Waals surface area (Å²) >= 11 is 3.30. The molecule has 0 saturated heterocycles. The van der Waals surface area contributed by atoms with Crippen molar-refractivity contribution in [2.75, 3.05) is 0 Å². The molecular weight excluding hydrogens is 1020 g/mol. The maximum absolute atomic E-state index is 12.0. The van der Waals surface area contributed by atoms with E-state index in [-0.39, 0.29) is 117 Å². The number of carbonyl (C=O) groups excluding carboxylic acids is 2. The minimum absolute atomic E-state index is 0. The normalized spacial score (nSPS) is 9.58. The number of ether oxygens (including phenoxy) is 1. The van der Waals surface area contributed by atoms with E-state index in [0.717, 1.165) is 27.9 Å². The molecule has 6 nitrogen and oxygen atoms in total. The first-order chi connectivity index (χ1) is 28.8. The SMILES string of the molecule is C.C.C.C.CC.CC.CC.CC.CC(=O)C(Br)c1ccccc1.CC(=O)C(Oc1cccc([C-]=Nc2[c-]cccc2)c1)c1ccccc1.Oc1cccc([C-]=Nc2[c-]cccc2)c1.[Y].[Y]. The maximum atomic E-state index is 12.0. The average Bonchev–Trinajstić information content (AvgIpc) is 3.31. The van der Waals surface area contributed by atoms with Gasteiger partial charge >= 0.3 is 0 Å². The monoisotopic (exact) mass is 1100 g/mol. The van der Waals surface area contributed by atoms with Crippen LogP contribution in [0.2, 0.25) is 0 Å². The van der Waals surface area contributed by atoms with Crippen molar-refractivity contribution in [1.29, 1.82) is 0 Å². The van der Waals surface area contributed by atoms with Gasteiger partial charge in [-0.3, -0.25) is 9.59 Å². The zero-order chi connectivity index (χ0) is 44.3. The van der Waals surface area contributed by atoms with Gasteiger partial charge in [0.25, 0.3) is 0 Å². The van der Waals surface area contributed by atoms with Crippen molar-refractivity contribution in [2.24, 2.45) is 9.98 Å². The van der Waals surface area contributed by atoms with Crippen LogP contribution in [-0.2, 0) is 75.0 Å². The van der Waals surface area contributed by atoms with E-state index in [9.17, 15) is 14.7 Å². The average molecular weight is 1100 g/mol. The molecule has 0 aliphatic rings. The van der Waals surface area contributed by atoms with Crippen LogP contribution in [0.1, 0.15) is 132 Å². The van der Waals surface area contributed by atoms with Crippen LogP contribution in [0.15, 0.2) is 168 Å². The van der Waals surface area contributed by atoms with E-state index in [1.165, 1.54) is 6.92 Å². The molecule has 0 heterocycles. The number of carbonyl (C=O) groups is 2. The van der Waals surface area contributed by atoms with Crippen molar-refractivity contribution in [2.45, 2.75) is 110 Å². The molecule has 1 N–H and O–H groups in total. The van der Waals surface area contributed by atoms with E-state index in [1.54, 1.807) is 37.3 Å². The van der Waals surface area contributed by atoms with Crippen LogP contribution >= 0.6 is 15.9 Å². The number of phenolic OH excluding ortho intramolecular Hbond substituents is 1. The standard InChI is InChI=1S/C22H17NO2.C13H9NO.C9H9BrO.4C2H6.4CH4.2Y/c1-17(24)22(19-10-4-2-5-11-19)25-21-14-8-9-18(15-21)16-23-20-12-6-3-7-13-20;15-13-8-4-5-11(9-13)10-14-12-6-2-1-3-7-12;1-7(11)9(10)8-5-3-2-4-6-8;4*1-2;;;;;;/h2-12,14-15,22H,1H3;1-6,8-9,15H;2-6,9H,1H3;4*1-2H3;4*1H4;;/q2*-2;;;;;;;;;;;. The first-order valence-corrected chi connectivity index (χ1v) is 20.9. The number of alkyl halides is 1. The van der Waals surface area contributed by atoms with Gasteiger partial charge in [-0.25, -0.2) is 12.1 Å². The van der Waals surface area contributed by atoms with Crippen LogP contribution in [0, 0.1) is 12.1 Å². The third kappa shape index (κ3) is 33.4. The Bertz CT molecular complexity index is 2020. The first-order valence-electron chi connectivity index (χ1n) is 20.0. The Hall–Kier alpha value is -3.71. The molecule has 0 aliphatic heterocycles. The second-order valence-corrected chi connectivity index (χ2v) is 11.8. The molecule has 350 valence electrons. The summed E-state index contributed by atoms with van der Waals surface area (Å²) in [6.45, 7) is 19.1. The summed E-state index contributed by atoms with van der Waals surface area (Å²) in [5.74, 6) is 0.901. The zero-order valence-corrected chi connectivity index (χ0v) is 44.5. The molecule has 9 heteroatoms. The van der Waals surface area contributed by atoms with Crippen LogP contribution in [0.3, 0.4) is 0 Å². The molecular formula is C56H75BrN2O4Y2-4. The largest absolute Gasteiger partial charge is 0.518 e. The quantitative estimate of drug-likeness (QED) is 0.0841. The number of nitrogens with zero attached hydrogens (tertiary/aromatic N) is 2. The van der Waals surface area contributed by atoms with Crippen molar-refractivity contribution in [3.63, 3.8) is 0 Å². The number of phenols is 1. The number of aromatic hydroxyl groups is 1. The predicted molar refractivity (Wildman–Crippen MR) is 279 cm³/mol. The molecule has 0 bridgehead atoms. The second kappa shape index (κ2) is 49.7. The molecule has 0 amide bonds.